The van der Waals surface area contributed by atoms with E-state index in [1.807, 2.05) is 32.5 Å². The second-order valence-electron chi connectivity index (χ2n) is 6.82. The summed E-state index contributed by atoms with van der Waals surface area (Å²) in [4.78, 5) is 14.4. The first kappa shape index (κ1) is 18.8. The number of thioether (sulfide) groups is 1. The van der Waals surface area contributed by atoms with Crippen molar-refractivity contribution >= 4 is 17.7 Å². The van der Waals surface area contributed by atoms with Crippen LogP contribution in [0.1, 0.15) is 47.5 Å². The fourth-order valence-corrected chi connectivity index (χ4v) is 3.20. The Morgan fingerprint density at radius 2 is 1.95 bits per heavy atom. The maximum atomic E-state index is 12.1. The van der Waals surface area contributed by atoms with E-state index in [0.29, 0.717) is 17.8 Å². The van der Waals surface area contributed by atoms with Gasteiger partial charge in [-0.05, 0) is 38.9 Å². The van der Waals surface area contributed by atoms with Crippen LogP contribution in [0.4, 0.5) is 0 Å². The summed E-state index contributed by atoms with van der Waals surface area (Å²) < 4.78 is 10.9. The van der Waals surface area contributed by atoms with Crippen LogP contribution in [0.25, 0.3) is 0 Å². The van der Waals surface area contributed by atoms with Crippen molar-refractivity contribution in [2.24, 2.45) is 0 Å². The predicted octanol–water partition coefficient (Wildman–Crippen LogP) is 2.95. The molecule has 0 aromatic carbocycles. The van der Waals surface area contributed by atoms with Gasteiger partial charge in [0.15, 0.2) is 0 Å². The third-order valence-electron chi connectivity index (χ3n) is 3.29. The molecule has 1 fully saturated rings. The van der Waals surface area contributed by atoms with Crippen LogP contribution in [0.3, 0.4) is 0 Å². The van der Waals surface area contributed by atoms with Crippen LogP contribution in [0.15, 0.2) is 0 Å². The molecule has 0 spiro atoms. The molecule has 0 aromatic rings. The number of hydrogen-bond acceptors (Lipinski definition) is 5. The number of carbonyl (C=O) groups is 1. The Morgan fingerprint density at radius 1 is 1.33 bits per heavy atom. The Labute approximate surface area is 133 Å². The lowest BCUT2D eigenvalue weighted by atomic mass is 10.1. The molecule has 0 unspecified atom stereocenters. The van der Waals surface area contributed by atoms with Crippen LogP contribution in [-0.4, -0.2) is 59.8 Å². The van der Waals surface area contributed by atoms with E-state index in [1.165, 1.54) is 0 Å². The number of nitrogens with zero attached hydrogens (tertiary/aromatic N) is 1. The van der Waals surface area contributed by atoms with Gasteiger partial charge in [0, 0.05) is 31.6 Å². The number of ether oxygens (including phenoxy) is 2. The van der Waals surface area contributed by atoms with Gasteiger partial charge in [-0.3, -0.25) is 9.69 Å². The largest absolute Gasteiger partial charge is 0.459 e. The smallest absolute Gasteiger partial charge is 0.320 e. The Kier molecular flexibility index (Phi) is 8.06. The minimum absolute atomic E-state index is 0.122. The van der Waals surface area contributed by atoms with Crippen molar-refractivity contribution in [3.05, 3.63) is 0 Å². The highest BCUT2D eigenvalue weighted by Crippen LogP contribution is 2.17. The summed E-state index contributed by atoms with van der Waals surface area (Å²) in [6, 6.07) is 0.444. The molecule has 0 N–H and O–H groups in total. The van der Waals surface area contributed by atoms with E-state index < -0.39 is 5.60 Å². The van der Waals surface area contributed by atoms with E-state index in [4.69, 9.17) is 9.47 Å². The number of carbonyl (C=O) groups excluding carboxylic acids is 1. The molecule has 0 aliphatic carbocycles. The molecular formula is C16H31NO3S. The van der Waals surface area contributed by atoms with E-state index in [0.717, 1.165) is 38.4 Å². The first-order valence-electron chi connectivity index (χ1n) is 7.93. The fourth-order valence-electron chi connectivity index (χ4n) is 2.39. The second-order valence-corrected chi connectivity index (χ2v) is 8.50. The molecule has 0 radical (unpaired) electrons. The zero-order chi connectivity index (χ0) is 15.9. The first-order valence-corrected chi connectivity index (χ1v) is 8.98. The number of hydrogen-bond donors (Lipinski definition) is 0. The van der Waals surface area contributed by atoms with Crippen LogP contribution in [-0.2, 0) is 14.3 Å². The van der Waals surface area contributed by atoms with Crippen LogP contribution < -0.4 is 0 Å². The van der Waals surface area contributed by atoms with Crippen LogP contribution >= 0.6 is 11.8 Å². The molecule has 0 saturated carbocycles. The van der Waals surface area contributed by atoms with Crippen molar-refractivity contribution < 1.29 is 14.3 Å². The minimum Gasteiger partial charge on any atom is -0.459 e. The second kappa shape index (κ2) is 9.01. The van der Waals surface area contributed by atoms with Crippen molar-refractivity contribution in [3.63, 3.8) is 0 Å². The monoisotopic (exact) mass is 317 g/mol. The highest BCUT2D eigenvalue weighted by atomic mass is 32.2. The van der Waals surface area contributed by atoms with E-state index in [2.05, 4.69) is 18.7 Å². The first-order chi connectivity index (χ1) is 9.78. The third-order valence-corrected chi connectivity index (χ3v) is 4.37. The Hall–Kier alpha value is -0.260. The molecule has 1 saturated heterocycles. The number of esters is 1. The zero-order valence-electron chi connectivity index (χ0n) is 14.2. The molecule has 21 heavy (non-hydrogen) atoms. The lowest BCUT2D eigenvalue weighted by molar-refractivity contribution is -0.157. The van der Waals surface area contributed by atoms with Crippen LogP contribution in [0, 0.1) is 0 Å². The van der Waals surface area contributed by atoms with Crippen molar-refractivity contribution in [2.45, 2.75) is 64.4 Å². The predicted molar refractivity (Wildman–Crippen MR) is 88.9 cm³/mol. The lowest BCUT2D eigenvalue weighted by Gasteiger charge is -2.34. The zero-order valence-corrected chi connectivity index (χ0v) is 15.0. The van der Waals surface area contributed by atoms with E-state index in [9.17, 15) is 4.79 Å². The maximum absolute atomic E-state index is 12.1. The molecule has 0 atom stereocenters. The van der Waals surface area contributed by atoms with Gasteiger partial charge in [-0.2, -0.15) is 11.8 Å². The van der Waals surface area contributed by atoms with Gasteiger partial charge < -0.3 is 9.47 Å². The molecule has 5 heteroatoms. The highest BCUT2D eigenvalue weighted by Gasteiger charge is 2.25. The van der Waals surface area contributed by atoms with Crippen molar-refractivity contribution in [1.82, 2.24) is 4.90 Å². The molecule has 1 aliphatic heterocycles. The summed E-state index contributed by atoms with van der Waals surface area (Å²) >= 11 is 1.94. The third kappa shape index (κ3) is 8.69. The van der Waals surface area contributed by atoms with E-state index >= 15 is 0 Å². The van der Waals surface area contributed by atoms with Gasteiger partial charge in [-0.15, -0.1) is 0 Å². The van der Waals surface area contributed by atoms with Crippen molar-refractivity contribution in [2.75, 3.05) is 32.1 Å². The molecule has 0 aromatic heterocycles. The SMILES string of the molecule is CC(C)SCCN(CC(=O)OC(C)(C)C)C1CCOCC1. The van der Waals surface area contributed by atoms with E-state index in [-0.39, 0.29) is 5.97 Å². The Bertz CT molecular complexity index is 309. The Morgan fingerprint density at radius 3 is 2.48 bits per heavy atom. The van der Waals surface area contributed by atoms with Gasteiger partial charge in [-0.1, -0.05) is 13.8 Å². The van der Waals surface area contributed by atoms with Crippen LogP contribution in [0.5, 0.6) is 0 Å². The normalized spacial score (nSPS) is 17.5. The molecule has 0 bridgehead atoms. The van der Waals surface area contributed by atoms with Crippen molar-refractivity contribution in [3.8, 4) is 0 Å². The van der Waals surface area contributed by atoms with Crippen molar-refractivity contribution in [1.29, 1.82) is 0 Å². The molecule has 124 valence electrons. The van der Waals surface area contributed by atoms with Gasteiger partial charge in [0.2, 0.25) is 0 Å². The molecule has 4 nitrogen and oxygen atoms in total. The molecule has 1 rings (SSSR count). The minimum atomic E-state index is -0.412. The fraction of sp³-hybridized carbons (Fsp3) is 0.938. The molecular weight excluding hydrogens is 286 g/mol. The van der Waals surface area contributed by atoms with Gasteiger partial charge >= 0.3 is 5.97 Å². The summed E-state index contributed by atoms with van der Waals surface area (Å²) in [5.74, 6) is 0.932. The van der Waals surface area contributed by atoms with Gasteiger partial charge in [0.25, 0.3) is 0 Å². The average Bonchev–Trinajstić information content (AvgIpc) is 2.36. The maximum Gasteiger partial charge on any atom is 0.320 e. The van der Waals surface area contributed by atoms with Crippen LogP contribution in [0.2, 0.25) is 0 Å². The Balaban J connectivity index is 2.51. The van der Waals surface area contributed by atoms with E-state index in [1.54, 1.807) is 0 Å². The summed E-state index contributed by atoms with van der Waals surface area (Å²) in [6.45, 7) is 13.1. The summed E-state index contributed by atoms with van der Waals surface area (Å²) in [5.41, 5.74) is -0.412. The quantitative estimate of drug-likeness (QED) is 0.675. The topological polar surface area (TPSA) is 38.8 Å². The highest BCUT2D eigenvalue weighted by molar-refractivity contribution is 7.99. The van der Waals surface area contributed by atoms with Gasteiger partial charge in [0.1, 0.15) is 5.60 Å². The summed E-state index contributed by atoms with van der Waals surface area (Å²) in [5, 5.41) is 0.628. The molecule has 0 amide bonds. The average molecular weight is 317 g/mol. The molecule has 1 aliphatic rings. The lowest BCUT2D eigenvalue weighted by Crippen LogP contribution is -2.45. The standard InChI is InChI=1S/C16H31NO3S/c1-13(2)21-11-8-17(14-6-9-19-10-7-14)12-15(18)20-16(3,4)5/h13-14H,6-12H2,1-5H3. The van der Waals surface area contributed by atoms with Gasteiger partial charge in [0.05, 0.1) is 6.54 Å². The van der Waals surface area contributed by atoms with Gasteiger partial charge in [-0.25, -0.2) is 0 Å². The molecule has 1 heterocycles. The summed E-state index contributed by atoms with van der Waals surface area (Å²) in [6.07, 6.45) is 2.02. The summed E-state index contributed by atoms with van der Waals surface area (Å²) in [7, 11) is 0. The number of rotatable bonds is 7.